The van der Waals surface area contributed by atoms with Gasteiger partial charge in [0.2, 0.25) is 0 Å². The molecule has 0 unspecified atom stereocenters. The van der Waals surface area contributed by atoms with E-state index < -0.39 is 11.7 Å². The zero-order valence-electron chi connectivity index (χ0n) is 39.5. The van der Waals surface area contributed by atoms with E-state index in [1.807, 2.05) is 71.3 Å². The Morgan fingerprint density at radius 3 is 1.07 bits per heavy atom. The van der Waals surface area contributed by atoms with Crippen molar-refractivity contribution in [3.8, 4) is 45.3 Å². The van der Waals surface area contributed by atoms with Crippen molar-refractivity contribution in [2.45, 2.75) is 6.18 Å². The Bertz CT molecular complexity index is 4670. The molecule has 8 heteroatoms. The highest BCUT2D eigenvalue weighted by Gasteiger charge is 2.37. The molecule has 0 aliphatic carbocycles. The van der Waals surface area contributed by atoms with Gasteiger partial charge < -0.3 is 18.3 Å². The number of aromatic nitrogens is 5. The summed E-state index contributed by atoms with van der Waals surface area (Å²) in [6.45, 7) is 0. The van der Waals surface area contributed by atoms with E-state index in [4.69, 9.17) is 4.98 Å². The van der Waals surface area contributed by atoms with E-state index in [-0.39, 0.29) is 11.3 Å². The van der Waals surface area contributed by atoms with Gasteiger partial charge >= 0.3 is 6.18 Å². The number of halogens is 3. The molecule has 0 aliphatic heterocycles. The molecular weight excluding hydrogens is 920 g/mol. The second-order valence-corrected chi connectivity index (χ2v) is 19.0. The topological polar surface area (TPSA) is 32.6 Å². The number of alkyl halides is 3. The molecule has 0 aliphatic rings. The van der Waals surface area contributed by atoms with Crippen molar-refractivity contribution < 1.29 is 13.2 Å². The molecule has 0 saturated heterocycles. The first-order valence-corrected chi connectivity index (χ1v) is 24.7. The third kappa shape index (κ3) is 6.21. The van der Waals surface area contributed by atoms with Gasteiger partial charge in [-0.1, -0.05) is 146 Å². The molecule has 15 rings (SSSR count). The highest BCUT2D eigenvalue weighted by atomic mass is 19.4. The van der Waals surface area contributed by atoms with Gasteiger partial charge in [0.25, 0.3) is 0 Å². The first-order chi connectivity index (χ1) is 36.4. The fourth-order valence-electron chi connectivity index (χ4n) is 11.9. The summed E-state index contributed by atoms with van der Waals surface area (Å²) in [5.41, 5.74) is 11.3. The van der Waals surface area contributed by atoms with Gasteiger partial charge in [0.1, 0.15) is 0 Å². The summed E-state index contributed by atoms with van der Waals surface area (Å²) in [5, 5.41) is 8.38. The first-order valence-electron chi connectivity index (χ1n) is 24.7. The summed E-state index contributed by atoms with van der Waals surface area (Å²) in [5.74, 6) is 0. The minimum absolute atomic E-state index is 0.0173. The lowest BCUT2D eigenvalue weighted by atomic mass is 9.99. The van der Waals surface area contributed by atoms with E-state index in [2.05, 4.69) is 165 Å². The lowest BCUT2D eigenvalue weighted by Gasteiger charge is -2.22. The zero-order valence-corrected chi connectivity index (χ0v) is 39.5. The normalized spacial score (nSPS) is 12.3. The molecule has 10 aromatic carbocycles. The smallest absolute Gasteiger partial charge is 0.309 e. The fourth-order valence-corrected chi connectivity index (χ4v) is 11.9. The summed E-state index contributed by atoms with van der Waals surface area (Å²) < 4.78 is 57.4. The minimum atomic E-state index is -4.76. The van der Waals surface area contributed by atoms with Crippen LogP contribution in [0, 0.1) is 0 Å². The second-order valence-electron chi connectivity index (χ2n) is 19.0. The number of rotatable bonds is 6. The van der Waals surface area contributed by atoms with Crippen molar-refractivity contribution in [3.05, 3.63) is 248 Å². The number of nitrogens with zero attached hydrogens (tertiary/aromatic N) is 5. The number of hydrogen-bond donors (Lipinski definition) is 0. The molecule has 0 N–H and O–H groups in total. The Labute approximate surface area is 421 Å². The highest BCUT2D eigenvalue weighted by Crippen LogP contribution is 2.46. The average molecular weight is 960 g/mol. The van der Waals surface area contributed by atoms with E-state index >= 15 is 13.2 Å². The molecule has 15 aromatic rings. The van der Waals surface area contributed by atoms with E-state index in [9.17, 15) is 0 Å². The Morgan fingerprint density at radius 2 is 0.635 bits per heavy atom. The maximum absolute atomic E-state index is 16.2. The SMILES string of the molecule is FC(F)(F)c1cc(-n2c3ccccc3c3cc(-n4c5ccccc5c5ccccc54)ccc32)c(-n2c3ccccc3c3cc(-n4c5ccccc5c5ccccc54)ccc32)cc1-c1cccc(-c2ccccc2)n1. The molecule has 0 spiro atoms. The third-order valence-corrected chi connectivity index (χ3v) is 15.0. The standard InChI is InChI=1S/C66H40F3N5/c67-66(68,69)53-40-65(74-61-32-15-9-24-49(61)51-38-43(34-36-63(51)74)72-58-29-12-6-21-46(58)47-22-7-13-30-59(47)72)64(39-52(53)55-26-16-25-54(70-55)41-17-2-1-3-18-41)73-60-31-14-8-23-48(60)50-37-42(33-35-62(50)73)71-56-27-10-4-19-44(56)45-20-5-11-28-57(45)71/h1-40H. The van der Waals surface area contributed by atoms with Crippen molar-refractivity contribution in [1.82, 2.24) is 23.3 Å². The molecule has 0 bridgehead atoms. The summed E-state index contributed by atoms with van der Waals surface area (Å²) >= 11 is 0. The molecule has 74 heavy (non-hydrogen) atoms. The van der Waals surface area contributed by atoms with Crippen molar-refractivity contribution in [2.24, 2.45) is 0 Å². The van der Waals surface area contributed by atoms with Gasteiger partial charge in [0.15, 0.2) is 0 Å². The van der Waals surface area contributed by atoms with Gasteiger partial charge in [0.05, 0.1) is 72.5 Å². The van der Waals surface area contributed by atoms with Crippen LogP contribution in [0.15, 0.2) is 243 Å². The molecule has 0 amide bonds. The third-order valence-electron chi connectivity index (χ3n) is 15.0. The molecule has 0 saturated carbocycles. The number of para-hydroxylation sites is 6. The zero-order chi connectivity index (χ0) is 49.2. The van der Waals surface area contributed by atoms with E-state index in [0.29, 0.717) is 17.1 Å². The van der Waals surface area contributed by atoms with Crippen molar-refractivity contribution >= 4 is 87.2 Å². The fraction of sp³-hybridized carbons (Fsp3) is 0.0152. The van der Waals surface area contributed by atoms with E-state index in [1.165, 1.54) is 6.07 Å². The number of hydrogen-bond acceptors (Lipinski definition) is 1. The average Bonchev–Trinajstić information content (AvgIpc) is 4.19. The van der Waals surface area contributed by atoms with Crippen LogP contribution in [-0.4, -0.2) is 23.3 Å². The maximum atomic E-state index is 16.2. The van der Waals surface area contributed by atoms with E-state index in [1.54, 1.807) is 18.2 Å². The molecular formula is C66H40F3N5. The predicted octanol–water partition coefficient (Wildman–Crippen LogP) is 17.8. The molecule has 0 atom stereocenters. The predicted molar refractivity (Wildman–Crippen MR) is 297 cm³/mol. The highest BCUT2D eigenvalue weighted by molar-refractivity contribution is 6.15. The molecule has 5 heterocycles. The minimum Gasteiger partial charge on any atom is -0.309 e. The largest absolute Gasteiger partial charge is 0.417 e. The monoisotopic (exact) mass is 959 g/mol. The lowest BCUT2D eigenvalue weighted by molar-refractivity contribution is -0.137. The summed E-state index contributed by atoms with van der Waals surface area (Å²) in [6.07, 6.45) is -4.76. The van der Waals surface area contributed by atoms with Crippen LogP contribution < -0.4 is 0 Å². The molecule has 5 nitrogen and oxygen atoms in total. The van der Waals surface area contributed by atoms with Crippen LogP contribution in [-0.2, 0) is 6.18 Å². The molecule has 5 aromatic heterocycles. The van der Waals surface area contributed by atoms with Crippen molar-refractivity contribution in [2.75, 3.05) is 0 Å². The lowest BCUT2D eigenvalue weighted by Crippen LogP contribution is -2.12. The molecule has 0 fully saturated rings. The molecule has 0 radical (unpaired) electrons. The first kappa shape index (κ1) is 42.1. The van der Waals surface area contributed by atoms with Gasteiger partial charge in [-0.25, -0.2) is 4.98 Å². The Balaban J connectivity index is 1.04. The Morgan fingerprint density at radius 1 is 0.284 bits per heavy atom. The van der Waals surface area contributed by atoms with Crippen LogP contribution in [0.2, 0.25) is 0 Å². The van der Waals surface area contributed by atoms with Gasteiger partial charge in [-0.2, -0.15) is 13.2 Å². The molecule has 350 valence electrons. The second kappa shape index (κ2) is 15.9. The van der Waals surface area contributed by atoms with Crippen LogP contribution in [0.5, 0.6) is 0 Å². The van der Waals surface area contributed by atoms with E-state index in [0.717, 1.165) is 104 Å². The van der Waals surface area contributed by atoms with Gasteiger partial charge in [0, 0.05) is 65.6 Å². The van der Waals surface area contributed by atoms with Crippen molar-refractivity contribution in [3.63, 3.8) is 0 Å². The quantitative estimate of drug-likeness (QED) is 0.163. The summed E-state index contributed by atoms with van der Waals surface area (Å²) in [7, 11) is 0. The number of pyridine rings is 1. The van der Waals surface area contributed by atoms with Gasteiger partial charge in [-0.15, -0.1) is 0 Å². The van der Waals surface area contributed by atoms with Crippen LogP contribution in [0.25, 0.3) is 132 Å². The maximum Gasteiger partial charge on any atom is 0.417 e. The Kier molecular flexibility index (Phi) is 9.05. The van der Waals surface area contributed by atoms with Crippen molar-refractivity contribution in [1.29, 1.82) is 0 Å². The number of benzene rings is 10. The van der Waals surface area contributed by atoms with Crippen LogP contribution >= 0.6 is 0 Å². The van der Waals surface area contributed by atoms with Crippen LogP contribution in [0.1, 0.15) is 5.56 Å². The van der Waals surface area contributed by atoms with Crippen LogP contribution in [0.3, 0.4) is 0 Å². The van der Waals surface area contributed by atoms with Crippen LogP contribution in [0.4, 0.5) is 13.2 Å². The van der Waals surface area contributed by atoms with Gasteiger partial charge in [-0.05, 0) is 97.1 Å². The summed E-state index contributed by atoms with van der Waals surface area (Å²) in [6, 6.07) is 80.7. The Hall–Kier alpha value is -9.66. The van der Waals surface area contributed by atoms with Gasteiger partial charge in [-0.3, -0.25) is 0 Å². The summed E-state index contributed by atoms with van der Waals surface area (Å²) in [4.78, 5) is 4.97. The number of fused-ring (bicyclic) bond motifs is 12.